The molecule has 0 fully saturated rings. The molecule has 1 aromatic carbocycles. The van der Waals surface area contributed by atoms with Crippen molar-refractivity contribution in [2.24, 2.45) is 0 Å². The lowest BCUT2D eigenvalue weighted by Crippen LogP contribution is -2.35. The molecule has 0 aliphatic carbocycles. The van der Waals surface area contributed by atoms with Crippen LogP contribution in [-0.2, 0) is 29.0 Å². The molecule has 182 valence electrons. The summed E-state index contributed by atoms with van der Waals surface area (Å²) in [5.41, 5.74) is 2.37. The van der Waals surface area contributed by atoms with Crippen LogP contribution < -0.4 is 5.32 Å². The lowest BCUT2D eigenvalue weighted by Gasteiger charge is -2.33. The number of carbonyl (C=O) groups excluding carboxylic acids is 1. The van der Waals surface area contributed by atoms with Gasteiger partial charge in [0.15, 0.2) is 5.16 Å². The highest BCUT2D eigenvalue weighted by atomic mass is 32.2. The Labute approximate surface area is 214 Å². The number of aromatic nitrogens is 2. The van der Waals surface area contributed by atoms with Crippen LogP contribution in [0.3, 0.4) is 0 Å². The van der Waals surface area contributed by atoms with Crippen molar-refractivity contribution in [3.8, 4) is 0 Å². The van der Waals surface area contributed by atoms with E-state index in [-0.39, 0.29) is 17.6 Å². The minimum atomic E-state index is -0.164. The van der Waals surface area contributed by atoms with E-state index >= 15 is 0 Å². The Kier molecular flexibility index (Phi) is 8.56. The molecule has 4 rings (SSSR count). The normalized spacial score (nSPS) is 18.6. The molecule has 3 heterocycles. The van der Waals surface area contributed by atoms with Crippen LogP contribution in [0.15, 0.2) is 40.5 Å². The van der Waals surface area contributed by atoms with E-state index < -0.39 is 0 Å². The number of hydrogen-bond acceptors (Lipinski definition) is 7. The quantitative estimate of drug-likeness (QED) is 0.195. The lowest BCUT2D eigenvalue weighted by molar-refractivity contribution is -0.119. The number of hydrogen-bond donors (Lipinski definition) is 1. The summed E-state index contributed by atoms with van der Waals surface area (Å²) >= 11 is 4.93. The molecule has 0 saturated heterocycles. The highest BCUT2D eigenvalue weighted by molar-refractivity contribution is 8.00. The molecule has 1 aliphatic heterocycles. The second-order valence-electron chi connectivity index (χ2n) is 9.06. The van der Waals surface area contributed by atoms with E-state index in [0.717, 1.165) is 51.8 Å². The predicted molar refractivity (Wildman–Crippen MR) is 144 cm³/mol. The number of amides is 1. The summed E-state index contributed by atoms with van der Waals surface area (Å²) in [7, 11) is 0. The summed E-state index contributed by atoms with van der Waals surface area (Å²) in [6, 6.07) is 10.3. The van der Waals surface area contributed by atoms with E-state index in [9.17, 15) is 4.79 Å². The fourth-order valence-corrected chi connectivity index (χ4v) is 6.93. The number of thiophene rings is 1. The van der Waals surface area contributed by atoms with E-state index in [1.807, 2.05) is 18.2 Å². The first-order valence-corrected chi connectivity index (χ1v) is 14.7. The highest BCUT2D eigenvalue weighted by Crippen LogP contribution is 2.43. The second-order valence-corrected chi connectivity index (χ2v) is 12.2. The number of ether oxygens (including phenoxy) is 1. The Balaban J connectivity index is 1.52. The van der Waals surface area contributed by atoms with E-state index in [1.165, 1.54) is 27.8 Å². The van der Waals surface area contributed by atoms with Gasteiger partial charge in [0.1, 0.15) is 9.86 Å². The molecule has 34 heavy (non-hydrogen) atoms. The number of rotatable bonds is 10. The van der Waals surface area contributed by atoms with Gasteiger partial charge in [0.2, 0.25) is 5.91 Å². The fraction of sp³-hybridized carbons (Fsp3) is 0.500. The predicted octanol–water partition coefficient (Wildman–Crippen LogP) is 6.27. The molecule has 0 bridgehead atoms. The Bertz CT molecular complexity index is 1140. The van der Waals surface area contributed by atoms with Crippen LogP contribution in [0.25, 0.3) is 10.2 Å². The maximum absolute atomic E-state index is 12.8. The molecule has 0 spiro atoms. The smallest absolute Gasteiger partial charge is 0.230 e. The van der Waals surface area contributed by atoms with Gasteiger partial charge >= 0.3 is 0 Å². The van der Waals surface area contributed by atoms with Crippen molar-refractivity contribution in [2.45, 2.75) is 81.8 Å². The van der Waals surface area contributed by atoms with E-state index in [0.29, 0.717) is 12.4 Å². The Morgan fingerprint density at radius 2 is 2.03 bits per heavy atom. The largest absolute Gasteiger partial charge is 0.369 e. The number of thioether (sulfide) groups is 2. The summed E-state index contributed by atoms with van der Waals surface area (Å²) in [6.07, 6.45) is 3.71. The van der Waals surface area contributed by atoms with E-state index in [2.05, 4.69) is 45.1 Å². The monoisotopic (exact) mass is 515 g/mol. The minimum absolute atomic E-state index is 0.0359. The van der Waals surface area contributed by atoms with Crippen molar-refractivity contribution >= 4 is 51.0 Å². The van der Waals surface area contributed by atoms with Crippen LogP contribution in [0.5, 0.6) is 0 Å². The third-order valence-corrected chi connectivity index (χ3v) is 9.23. The van der Waals surface area contributed by atoms with Crippen molar-refractivity contribution < 1.29 is 9.53 Å². The zero-order valence-electron chi connectivity index (χ0n) is 20.3. The molecule has 0 saturated carbocycles. The molecule has 0 unspecified atom stereocenters. The molecule has 5 nitrogen and oxygen atoms in total. The molecule has 2 atom stereocenters. The number of nitrogens with one attached hydrogen (secondary N) is 1. The number of carbonyl (C=O) groups is 1. The summed E-state index contributed by atoms with van der Waals surface area (Å²) in [5, 5.41) is 5.99. The van der Waals surface area contributed by atoms with Crippen LogP contribution >= 0.6 is 34.9 Å². The van der Waals surface area contributed by atoms with Gasteiger partial charge in [0.25, 0.3) is 0 Å². The fourth-order valence-electron chi connectivity index (χ4n) is 4.08. The van der Waals surface area contributed by atoms with Crippen LogP contribution in [0.2, 0.25) is 0 Å². The number of nitrogens with zero attached hydrogens (tertiary/aromatic N) is 2. The van der Waals surface area contributed by atoms with Gasteiger partial charge in [0, 0.05) is 28.5 Å². The summed E-state index contributed by atoms with van der Waals surface area (Å²) in [5.74, 6) is 1.36. The van der Waals surface area contributed by atoms with Gasteiger partial charge in [-0.2, -0.15) is 0 Å². The van der Waals surface area contributed by atoms with Gasteiger partial charge in [-0.25, -0.2) is 9.97 Å². The first-order chi connectivity index (χ1) is 16.4. The number of fused-ring (bicyclic) bond motifs is 3. The Hall–Kier alpha value is -1.61. The van der Waals surface area contributed by atoms with Crippen molar-refractivity contribution in [1.29, 1.82) is 0 Å². The van der Waals surface area contributed by atoms with E-state index in [1.54, 1.807) is 23.1 Å². The zero-order chi connectivity index (χ0) is 24.1. The van der Waals surface area contributed by atoms with Crippen molar-refractivity contribution in [3.05, 3.63) is 46.3 Å². The third-order valence-electron chi connectivity index (χ3n) is 6.10. The van der Waals surface area contributed by atoms with Crippen molar-refractivity contribution in [2.75, 3.05) is 11.5 Å². The van der Waals surface area contributed by atoms with Gasteiger partial charge in [-0.3, -0.25) is 4.79 Å². The molecule has 3 aromatic rings. The summed E-state index contributed by atoms with van der Waals surface area (Å²) in [4.78, 5) is 24.8. The first kappa shape index (κ1) is 25.5. The Morgan fingerprint density at radius 3 is 2.76 bits per heavy atom. The van der Waals surface area contributed by atoms with Gasteiger partial charge in [-0.1, -0.05) is 67.7 Å². The molecule has 8 heteroatoms. The standard InChI is InChI=1S/C26H33N3O2S3/c1-5-12-32-25-28-23(33-16-21(30)27-17(3)13-18-10-8-7-9-11-18)22-19-14-26(4,6-2)31-15-20(19)34-24(22)29-25/h7-11,17H,5-6,12-16H2,1-4H3,(H,27,30)/t17-,26-/m1/s1. The van der Waals surface area contributed by atoms with Gasteiger partial charge in [-0.05, 0) is 44.2 Å². The molecule has 1 amide bonds. The first-order valence-electron chi connectivity index (χ1n) is 12.0. The van der Waals surface area contributed by atoms with Crippen LogP contribution in [-0.4, -0.2) is 39.0 Å². The van der Waals surface area contributed by atoms with Gasteiger partial charge < -0.3 is 10.1 Å². The lowest BCUT2D eigenvalue weighted by atomic mass is 9.90. The van der Waals surface area contributed by atoms with Crippen LogP contribution in [0.4, 0.5) is 0 Å². The zero-order valence-corrected chi connectivity index (χ0v) is 22.8. The molecular weight excluding hydrogens is 483 g/mol. The highest BCUT2D eigenvalue weighted by Gasteiger charge is 2.33. The SMILES string of the molecule is CCCSc1nc(SCC(=O)N[C@H](C)Cc2ccccc2)c2c3c(sc2n1)CO[C@](C)(CC)C3. The van der Waals surface area contributed by atoms with E-state index in [4.69, 9.17) is 14.7 Å². The average Bonchev–Trinajstić information content (AvgIpc) is 3.19. The van der Waals surface area contributed by atoms with Crippen LogP contribution in [0, 0.1) is 0 Å². The average molecular weight is 516 g/mol. The molecule has 1 aliphatic rings. The van der Waals surface area contributed by atoms with Crippen molar-refractivity contribution in [3.63, 3.8) is 0 Å². The van der Waals surface area contributed by atoms with Crippen LogP contribution in [0.1, 0.15) is 56.5 Å². The molecular formula is C26H33N3O2S3. The minimum Gasteiger partial charge on any atom is -0.369 e. The third kappa shape index (κ3) is 6.14. The second kappa shape index (κ2) is 11.4. The molecule has 0 radical (unpaired) electrons. The maximum Gasteiger partial charge on any atom is 0.230 e. The molecule has 1 N–H and O–H groups in total. The van der Waals surface area contributed by atoms with Crippen molar-refractivity contribution in [1.82, 2.24) is 15.3 Å². The number of benzene rings is 1. The summed E-state index contributed by atoms with van der Waals surface area (Å²) in [6.45, 7) is 9.19. The van der Waals surface area contributed by atoms with Gasteiger partial charge in [0.05, 0.1) is 18.0 Å². The topological polar surface area (TPSA) is 64.1 Å². The molecule has 2 aromatic heterocycles. The van der Waals surface area contributed by atoms with Gasteiger partial charge in [-0.15, -0.1) is 11.3 Å². The summed E-state index contributed by atoms with van der Waals surface area (Å²) < 4.78 is 6.18. The maximum atomic E-state index is 12.8. The Morgan fingerprint density at radius 1 is 1.24 bits per heavy atom.